The van der Waals surface area contributed by atoms with E-state index in [9.17, 15) is 9.90 Å². The first kappa shape index (κ1) is 14.4. The molecule has 1 aromatic carbocycles. The monoisotopic (exact) mass is 274 g/mol. The molecule has 0 spiro atoms. The van der Waals surface area contributed by atoms with Gasteiger partial charge in [0.25, 0.3) is 0 Å². The van der Waals surface area contributed by atoms with Crippen molar-refractivity contribution in [3.63, 3.8) is 0 Å². The Morgan fingerprint density at radius 2 is 2.10 bits per heavy atom. The summed E-state index contributed by atoms with van der Waals surface area (Å²) in [7, 11) is 1.29. The molecule has 1 aliphatic rings. The number of anilines is 1. The van der Waals surface area contributed by atoms with Gasteiger partial charge >= 0.3 is 5.97 Å². The smallest absolute Gasteiger partial charge is 0.337 e. The minimum absolute atomic E-state index is 0.335. The highest BCUT2D eigenvalue weighted by molar-refractivity contribution is 5.79. The number of esters is 1. The van der Waals surface area contributed by atoms with Gasteiger partial charge in [0.15, 0.2) is 11.3 Å². The fourth-order valence-electron chi connectivity index (χ4n) is 2.52. The highest BCUT2D eigenvalue weighted by atomic mass is 16.5. The summed E-state index contributed by atoms with van der Waals surface area (Å²) in [5, 5.41) is 10.2. The molecule has 5 nitrogen and oxygen atoms in total. The van der Waals surface area contributed by atoms with Crippen molar-refractivity contribution in [1.29, 1.82) is 0 Å². The van der Waals surface area contributed by atoms with Gasteiger partial charge in [-0.15, -0.1) is 0 Å². The van der Waals surface area contributed by atoms with E-state index < -0.39 is 11.6 Å². The molecule has 1 heterocycles. The van der Waals surface area contributed by atoms with Gasteiger partial charge in [0.1, 0.15) is 0 Å². The average Bonchev–Trinajstić information content (AvgIpc) is 2.48. The standard InChI is InChI=1S/C15H18N2O3/c1-11-4-5-12(16-2)10-13(11)17-8-6-15(19,7-9-17)14(18)20-3/h4-5,10,19H,6-9H2,1,3H3. The highest BCUT2D eigenvalue weighted by Gasteiger charge is 2.40. The van der Waals surface area contributed by atoms with Gasteiger partial charge in [-0.3, -0.25) is 0 Å². The number of aliphatic hydroxyl groups is 1. The lowest BCUT2D eigenvalue weighted by molar-refractivity contribution is -0.164. The Hall–Kier alpha value is -2.06. The third-order valence-corrected chi connectivity index (χ3v) is 3.82. The SMILES string of the molecule is [C-]#[N+]c1ccc(C)c(N2CCC(O)(C(=O)OC)CC2)c1. The summed E-state index contributed by atoms with van der Waals surface area (Å²) in [6.07, 6.45) is 0.669. The second-order valence-electron chi connectivity index (χ2n) is 5.09. The molecule has 1 fully saturated rings. The summed E-state index contributed by atoms with van der Waals surface area (Å²) in [5.41, 5.74) is 1.29. The lowest BCUT2D eigenvalue weighted by atomic mass is 9.91. The third-order valence-electron chi connectivity index (χ3n) is 3.82. The van der Waals surface area contributed by atoms with E-state index in [1.165, 1.54) is 7.11 Å². The number of hydrogen-bond donors (Lipinski definition) is 1. The molecule has 0 aliphatic carbocycles. The lowest BCUT2D eigenvalue weighted by Gasteiger charge is -2.38. The molecule has 2 rings (SSSR count). The predicted molar refractivity (Wildman–Crippen MR) is 75.9 cm³/mol. The van der Waals surface area contributed by atoms with Crippen LogP contribution in [-0.2, 0) is 9.53 Å². The van der Waals surface area contributed by atoms with E-state index >= 15 is 0 Å². The van der Waals surface area contributed by atoms with Crippen LogP contribution in [0.3, 0.4) is 0 Å². The normalized spacial score (nSPS) is 17.4. The van der Waals surface area contributed by atoms with E-state index in [-0.39, 0.29) is 0 Å². The number of hydrogen-bond acceptors (Lipinski definition) is 4. The summed E-state index contributed by atoms with van der Waals surface area (Å²) in [6, 6.07) is 5.56. The molecule has 0 bridgehead atoms. The first-order valence-electron chi connectivity index (χ1n) is 6.54. The van der Waals surface area contributed by atoms with Gasteiger partial charge in [0, 0.05) is 31.6 Å². The fraction of sp³-hybridized carbons (Fsp3) is 0.467. The molecule has 5 heteroatoms. The highest BCUT2D eigenvalue weighted by Crippen LogP contribution is 2.31. The maximum Gasteiger partial charge on any atom is 0.337 e. The van der Waals surface area contributed by atoms with Crippen molar-refractivity contribution >= 4 is 17.3 Å². The first-order valence-corrected chi connectivity index (χ1v) is 6.54. The Kier molecular flexibility index (Phi) is 3.96. The molecular weight excluding hydrogens is 256 g/mol. The van der Waals surface area contributed by atoms with Crippen molar-refractivity contribution in [2.45, 2.75) is 25.4 Å². The van der Waals surface area contributed by atoms with Gasteiger partial charge < -0.3 is 14.7 Å². The minimum atomic E-state index is -1.38. The van der Waals surface area contributed by atoms with E-state index in [4.69, 9.17) is 6.57 Å². The predicted octanol–water partition coefficient (Wildman–Crippen LogP) is 2.05. The van der Waals surface area contributed by atoms with Crippen molar-refractivity contribution in [3.8, 4) is 0 Å². The summed E-state index contributed by atoms with van der Waals surface area (Å²) in [6.45, 7) is 10.2. The number of rotatable bonds is 2. The molecule has 1 N–H and O–H groups in total. The zero-order chi connectivity index (χ0) is 14.8. The third kappa shape index (κ3) is 2.61. The fourth-order valence-corrected chi connectivity index (χ4v) is 2.52. The van der Waals surface area contributed by atoms with Crippen LogP contribution in [0.15, 0.2) is 18.2 Å². The quantitative estimate of drug-likeness (QED) is 0.662. The molecule has 1 saturated heterocycles. The van der Waals surface area contributed by atoms with Gasteiger partial charge in [0.2, 0.25) is 0 Å². The number of aryl methyl sites for hydroxylation is 1. The summed E-state index contributed by atoms with van der Waals surface area (Å²) in [5.74, 6) is -0.566. The van der Waals surface area contributed by atoms with E-state index in [1.54, 1.807) is 6.07 Å². The molecule has 0 atom stereocenters. The van der Waals surface area contributed by atoms with Crippen LogP contribution >= 0.6 is 0 Å². The zero-order valence-electron chi connectivity index (χ0n) is 11.7. The molecule has 0 unspecified atom stereocenters. The van der Waals surface area contributed by atoms with Crippen LogP contribution in [0.5, 0.6) is 0 Å². The second kappa shape index (κ2) is 5.51. The van der Waals surface area contributed by atoms with Crippen LogP contribution in [0.1, 0.15) is 18.4 Å². The van der Waals surface area contributed by atoms with Crippen LogP contribution in [0, 0.1) is 13.5 Å². The van der Waals surface area contributed by atoms with Gasteiger partial charge in [-0.2, -0.15) is 0 Å². The number of nitrogens with zero attached hydrogens (tertiary/aromatic N) is 2. The largest absolute Gasteiger partial charge is 0.467 e. The van der Waals surface area contributed by atoms with Crippen molar-refractivity contribution in [2.75, 3.05) is 25.1 Å². The molecule has 106 valence electrons. The maximum absolute atomic E-state index is 11.6. The Morgan fingerprint density at radius 1 is 1.45 bits per heavy atom. The van der Waals surface area contributed by atoms with E-state index in [2.05, 4.69) is 14.5 Å². The molecule has 0 aromatic heterocycles. The van der Waals surface area contributed by atoms with Crippen molar-refractivity contribution < 1.29 is 14.6 Å². The van der Waals surface area contributed by atoms with Gasteiger partial charge in [-0.05, 0) is 18.6 Å². The number of benzene rings is 1. The Morgan fingerprint density at radius 3 is 2.65 bits per heavy atom. The number of piperidine rings is 1. The lowest BCUT2D eigenvalue weighted by Crippen LogP contribution is -2.50. The molecule has 20 heavy (non-hydrogen) atoms. The topological polar surface area (TPSA) is 54.1 Å². The van der Waals surface area contributed by atoms with Gasteiger partial charge in [-0.25, -0.2) is 9.64 Å². The van der Waals surface area contributed by atoms with Crippen molar-refractivity contribution in [3.05, 3.63) is 35.2 Å². The molecule has 1 aliphatic heterocycles. The number of carbonyl (C=O) groups is 1. The second-order valence-corrected chi connectivity index (χ2v) is 5.09. The van der Waals surface area contributed by atoms with E-state index in [1.807, 2.05) is 19.1 Å². The Balaban J connectivity index is 2.15. The van der Waals surface area contributed by atoms with Crippen LogP contribution in [0.25, 0.3) is 4.85 Å². The summed E-state index contributed by atoms with van der Waals surface area (Å²) in [4.78, 5) is 17.1. The molecular formula is C15H18N2O3. The molecule has 0 amide bonds. The molecule has 1 aromatic rings. The number of ether oxygens (including phenoxy) is 1. The van der Waals surface area contributed by atoms with Gasteiger partial charge in [0.05, 0.1) is 13.7 Å². The molecule has 0 radical (unpaired) electrons. The van der Waals surface area contributed by atoms with Crippen LogP contribution < -0.4 is 4.90 Å². The van der Waals surface area contributed by atoms with Crippen LogP contribution in [-0.4, -0.2) is 36.9 Å². The van der Waals surface area contributed by atoms with Crippen LogP contribution in [0.2, 0.25) is 0 Å². The summed E-state index contributed by atoms with van der Waals surface area (Å²) >= 11 is 0. The average molecular weight is 274 g/mol. The number of carbonyl (C=O) groups excluding carboxylic acids is 1. The Labute approximate surface area is 118 Å². The van der Waals surface area contributed by atoms with Gasteiger partial charge in [-0.1, -0.05) is 12.1 Å². The number of methoxy groups -OCH3 is 1. The van der Waals surface area contributed by atoms with Crippen molar-refractivity contribution in [1.82, 2.24) is 0 Å². The van der Waals surface area contributed by atoms with E-state index in [0.29, 0.717) is 31.6 Å². The van der Waals surface area contributed by atoms with E-state index in [0.717, 1.165) is 11.3 Å². The molecule has 0 saturated carbocycles. The van der Waals surface area contributed by atoms with Crippen LogP contribution in [0.4, 0.5) is 11.4 Å². The first-order chi connectivity index (χ1) is 9.50. The summed E-state index contributed by atoms with van der Waals surface area (Å²) < 4.78 is 4.65. The zero-order valence-corrected chi connectivity index (χ0v) is 11.7. The minimum Gasteiger partial charge on any atom is -0.467 e. The van der Waals surface area contributed by atoms with Crippen molar-refractivity contribution in [2.24, 2.45) is 0 Å². The Bertz CT molecular complexity index is 555. The maximum atomic E-state index is 11.6.